The van der Waals surface area contributed by atoms with Crippen molar-refractivity contribution in [2.24, 2.45) is 0 Å². The largest absolute Gasteiger partial charge is 0.381 e. The van der Waals surface area contributed by atoms with E-state index in [-0.39, 0.29) is 5.91 Å². The van der Waals surface area contributed by atoms with Crippen LogP contribution in [0, 0.1) is 0 Å². The Morgan fingerprint density at radius 3 is 2.60 bits per heavy atom. The van der Waals surface area contributed by atoms with Gasteiger partial charge in [-0.25, -0.2) is 0 Å². The van der Waals surface area contributed by atoms with Crippen molar-refractivity contribution in [3.8, 4) is 0 Å². The van der Waals surface area contributed by atoms with Gasteiger partial charge in [-0.3, -0.25) is 4.79 Å². The van der Waals surface area contributed by atoms with Crippen LogP contribution in [0.5, 0.6) is 0 Å². The zero-order valence-electron chi connectivity index (χ0n) is 11.5. The van der Waals surface area contributed by atoms with E-state index >= 15 is 0 Å². The van der Waals surface area contributed by atoms with Crippen LogP contribution in [-0.2, 0) is 0 Å². The Morgan fingerprint density at radius 2 is 1.80 bits per heavy atom. The molecule has 1 N–H and O–H groups in total. The summed E-state index contributed by atoms with van der Waals surface area (Å²) in [7, 11) is 0. The lowest BCUT2D eigenvalue weighted by Crippen LogP contribution is -2.32. The van der Waals surface area contributed by atoms with Crippen LogP contribution in [0.15, 0.2) is 54.6 Å². The summed E-state index contributed by atoms with van der Waals surface area (Å²) >= 11 is 0. The van der Waals surface area contributed by atoms with E-state index in [1.165, 1.54) is 0 Å². The van der Waals surface area contributed by atoms with Gasteiger partial charge in [-0.15, -0.1) is 0 Å². The number of para-hydroxylation sites is 2. The Balaban J connectivity index is 1.99. The first-order valence-corrected chi connectivity index (χ1v) is 6.98. The van der Waals surface area contributed by atoms with E-state index in [1.54, 1.807) is 0 Å². The standard InChI is InChI=1S/C17H18N2O/c1-13-11-12-19(16-10-6-5-9-15(16)18-13)17(20)14-7-3-2-4-8-14/h2-10,13,18H,11-12H2,1H3. The van der Waals surface area contributed by atoms with Gasteiger partial charge < -0.3 is 10.2 Å². The van der Waals surface area contributed by atoms with Gasteiger partial charge >= 0.3 is 0 Å². The van der Waals surface area contributed by atoms with Gasteiger partial charge in [-0.05, 0) is 37.6 Å². The van der Waals surface area contributed by atoms with Crippen molar-refractivity contribution in [1.29, 1.82) is 0 Å². The number of fused-ring (bicyclic) bond motifs is 1. The lowest BCUT2D eigenvalue weighted by molar-refractivity contribution is 0.0987. The number of carbonyl (C=O) groups excluding carboxylic acids is 1. The Morgan fingerprint density at radius 1 is 1.10 bits per heavy atom. The van der Waals surface area contributed by atoms with Crippen LogP contribution < -0.4 is 10.2 Å². The highest BCUT2D eigenvalue weighted by molar-refractivity contribution is 6.07. The molecule has 1 aliphatic heterocycles. The summed E-state index contributed by atoms with van der Waals surface area (Å²) in [5.41, 5.74) is 2.73. The van der Waals surface area contributed by atoms with E-state index < -0.39 is 0 Å². The van der Waals surface area contributed by atoms with Crippen molar-refractivity contribution in [3.63, 3.8) is 0 Å². The number of hydrogen-bond acceptors (Lipinski definition) is 2. The van der Waals surface area contributed by atoms with Gasteiger partial charge in [0.2, 0.25) is 0 Å². The van der Waals surface area contributed by atoms with Gasteiger partial charge in [-0.1, -0.05) is 30.3 Å². The maximum Gasteiger partial charge on any atom is 0.258 e. The SMILES string of the molecule is CC1CCN(C(=O)c2ccccc2)c2ccccc2N1. The number of amides is 1. The Hall–Kier alpha value is -2.29. The summed E-state index contributed by atoms with van der Waals surface area (Å²) in [4.78, 5) is 14.6. The summed E-state index contributed by atoms with van der Waals surface area (Å²) in [6.07, 6.45) is 0.938. The molecule has 20 heavy (non-hydrogen) atoms. The summed E-state index contributed by atoms with van der Waals surface area (Å²) in [5.74, 6) is 0.0638. The average molecular weight is 266 g/mol. The number of benzene rings is 2. The van der Waals surface area contributed by atoms with Crippen LogP contribution in [0.25, 0.3) is 0 Å². The van der Waals surface area contributed by atoms with E-state index in [0.29, 0.717) is 6.04 Å². The first kappa shape index (κ1) is 12.7. The molecular formula is C17H18N2O. The minimum absolute atomic E-state index is 0.0638. The van der Waals surface area contributed by atoms with Crippen molar-refractivity contribution in [1.82, 2.24) is 0 Å². The zero-order chi connectivity index (χ0) is 13.9. The van der Waals surface area contributed by atoms with Crippen LogP contribution in [0.1, 0.15) is 23.7 Å². The predicted molar refractivity (Wildman–Crippen MR) is 82.3 cm³/mol. The van der Waals surface area contributed by atoms with Gasteiger partial charge in [0.1, 0.15) is 0 Å². The van der Waals surface area contributed by atoms with Gasteiger partial charge in [0.05, 0.1) is 11.4 Å². The highest BCUT2D eigenvalue weighted by Gasteiger charge is 2.23. The molecule has 0 saturated carbocycles. The van der Waals surface area contributed by atoms with Crippen LogP contribution in [-0.4, -0.2) is 18.5 Å². The molecule has 0 spiro atoms. The molecule has 3 rings (SSSR count). The molecule has 0 saturated heterocycles. The van der Waals surface area contributed by atoms with E-state index in [9.17, 15) is 4.79 Å². The Labute approximate surface area is 119 Å². The first-order chi connectivity index (χ1) is 9.75. The molecule has 2 aromatic rings. The second kappa shape index (κ2) is 5.37. The zero-order valence-corrected chi connectivity index (χ0v) is 11.5. The molecule has 0 aromatic heterocycles. The van der Waals surface area contributed by atoms with E-state index in [0.717, 1.165) is 29.9 Å². The maximum absolute atomic E-state index is 12.7. The monoisotopic (exact) mass is 266 g/mol. The van der Waals surface area contributed by atoms with Crippen molar-refractivity contribution in [2.45, 2.75) is 19.4 Å². The van der Waals surface area contributed by atoms with E-state index in [1.807, 2.05) is 59.5 Å². The molecule has 2 aromatic carbocycles. The molecule has 102 valence electrons. The minimum Gasteiger partial charge on any atom is -0.381 e. The van der Waals surface area contributed by atoms with Crippen LogP contribution in [0.2, 0.25) is 0 Å². The average Bonchev–Trinajstić information content (AvgIpc) is 2.66. The van der Waals surface area contributed by atoms with Gasteiger partial charge in [0.15, 0.2) is 0 Å². The molecule has 1 amide bonds. The van der Waals surface area contributed by atoms with Crippen LogP contribution >= 0.6 is 0 Å². The molecule has 0 fully saturated rings. The van der Waals surface area contributed by atoms with E-state index in [2.05, 4.69) is 12.2 Å². The second-order valence-corrected chi connectivity index (χ2v) is 5.17. The third-order valence-corrected chi connectivity index (χ3v) is 3.65. The smallest absolute Gasteiger partial charge is 0.258 e. The van der Waals surface area contributed by atoms with Gasteiger partial charge in [0, 0.05) is 18.2 Å². The fourth-order valence-electron chi connectivity index (χ4n) is 2.56. The summed E-state index contributed by atoms with van der Waals surface area (Å²) in [6, 6.07) is 17.8. The summed E-state index contributed by atoms with van der Waals surface area (Å²) in [5, 5.41) is 3.46. The lowest BCUT2D eigenvalue weighted by Gasteiger charge is -2.22. The maximum atomic E-state index is 12.7. The van der Waals surface area contributed by atoms with Crippen LogP contribution in [0.4, 0.5) is 11.4 Å². The van der Waals surface area contributed by atoms with Crippen molar-refractivity contribution in [3.05, 3.63) is 60.2 Å². The second-order valence-electron chi connectivity index (χ2n) is 5.17. The molecule has 3 heteroatoms. The van der Waals surface area contributed by atoms with Gasteiger partial charge in [0.25, 0.3) is 5.91 Å². The lowest BCUT2D eigenvalue weighted by atomic mass is 10.1. The van der Waals surface area contributed by atoms with Crippen molar-refractivity contribution < 1.29 is 4.79 Å². The third-order valence-electron chi connectivity index (χ3n) is 3.65. The fourth-order valence-corrected chi connectivity index (χ4v) is 2.56. The molecule has 1 aliphatic rings. The van der Waals surface area contributed by atoms with E-state index in [4.69, 9.17) is 0 Å². The number of anilines is 2. The highest BCUT2D eigenvalue weighted by atomic mass is 16.2. The normalized spacial score (nSPS) is 17.9. The molecule has 1 unspecified atom stereocenters. The quantitative estimate of drug-likeness (QED) is 0.856. The minimum atomic E-state index is 0.0638. The summed E-state index contributed by atoms with van der Waals surface area (Å²) in [6.45, 7) is 2.88. The Bertz CT molecular complexity index is 609. The molecule has 1 heterocycles. The molecule has 1 atom stereocenters. The third kappa shape index (κ3) is 2.39. The molecule has 3 nitrogen and oxygen atoms in total. The molecule has 0 aliphatic carbocycles. The number of nitrogens with one attached hydrogen (secondary N) is 1. The fraction of sp³-hybridized carbons (Fsp3) is 0.235. The number of carbonyl (C=O) groups is 1. The van der Waals surface area contributed by atoms with Crippen molar-refractivity contribution in [2.75, 3.05) is 16.8 Å². The van der Waals surface area contributed by atoms with Crippen molar-refractivity contribution >= 4 is 17.3 Å². The topological polar surface area (TPSA) is 32.3 Å². The summed E-state index contributed by atoms with van der Waals surface area (Å²) < 4.78 is 0. The first-order valence-electron chi connectivity index (χ1n) is 6.98. The van der Waals surface area contributed by atoms with Crippen LogP contribution in [0.3, 0.4) is 0 Å². The Kier molecular flexibility index (Phi) is 3.42. The number of hydrogen-bond donors (Lipinski definition) is 1. The highest BCUT2D eigenvalue weighted by Crippen LogP contribution is 2.30. The predicted octanol–water partition coefficient (Wildman–Crippen LogP) is 3.54. The number of nitrogens with zero attached hydrogens (tertiary/aromatic N) is 1. The van der Waals surface area contributed by atoms with Gasteiger partial charge in [-0.2, -0.15) is 0 Å². The molecular weight excluding hydrogens is 248 g/mol. The molecule has 0 radical (unpaired) electrons. The molecule has 0 bridgehead atoms. The number of rotatable bonds is 1.